The van der Waals surface area contributed by atoms with Gasteiger partial charge < -0.3 is 5.73 Å². The molecule has 0 heterocycles. The fourth-order valence-electron chi connectivity index (χ4n) is 0.936. The van der Waals surface area contributed by atoms with E-state index in [0.29, 0.717) is 16.8 Å². The van der Waals surface area contributed by atoms with Crippen molar-refractivity contribution in [3.8, 4) is 17.9 Å². The lowest BCUT2D eigenvalue weighted by molar-refractivity contribution is 1.25. The molecule has 0 saturated heterocycles. The smallest absolute Gasteiger partial charge is 0.0992 e. The molecular formula is C10H7N5. The topological polar surface area (TPSA) is 98.6 Å². The van der Waals surface area contributed by atoms with Crippen LogP contribution in [0.15, 0.2) is 23.3 Å². The minimum atomic E-state index is 0.0900. The van der Waals surface area contributed by atoms with Gasteiger partial charge in [0.1, 0.15) is 0 Å². The number of nitrogens with two attached hydrogens (primary N) is 1. The Morgan fingerprint density at radius 1 is 1.53 bits per heavy atom. The number of hydrogen-bond donors (Lipinski definition) is 1. The predicted octanol–water partition coefficient (Wildman–Crippen LogP) is 1.80. The monoisotopic (exact) mass is 197 g/mol. The Morgan fingerprint density at radius 3 is 3.00 bits per heavy atom. The number of nitrogens with zero attached hydrogens (tertiary/aromatic N) is 4. The summed E-state index contributed by atoms with van der Waals surface area (Å²) in [7, 11) is 0. The Labute approximate surface area is 86.8 Å². The molecule has 0 aliphatic carbocycles. The second-order valence-electron chi connectivity index (χ2n) is 2.60. The van der Waals surface area contributed by atoms with Gasteiger partial charge in [0.2, 0.25) is 0 Å². The lowest BCUT2D eigenvalue weighted by Gasteiger charge is -1.97. The van der Waals surface area contributed by atoms with E-state index in [2.05, 4.69) is 21.9 Å². The van der Waals surface area contributed by atoms with Crippen LogP contribution in [0.1, 0.15) is 11.1 Å². The number of nitrogen functional groups attached to an aromatic ring is 1. The van der Waals surface area contributed by atoms with Crippen LogP contribution in [-0.4, -0.2) is 6.54 Å². The van der Waals surface area contributed by atoms with Crippen molar-refractivity contribution in [3.63, 3.8) is 0 Å². The summed E-state index contributed by atoms with van der Waals surface area (Å²) in [5.41, 5.74) is 15.2. The van der Waals surface area contributed by atoms with Gasteiger partial charge in [0.25, 0.3) is 0 Å². The van der Waals surface area contributed by atoms with E-state index in [4.69, 9.17) is 16.5 Å². The first kappa shape index (κ1) is 10.5. The van der Waals surface area contributed by atoms with Crippen molar-refractivity contribution in [2.24, 2.45) is 5.11 Å². The highest BCUT2D eigenvalue weighted by Gasteiger charge is 1.96. The lowest BCUT2D eigenvalue weighted by atomic mass is 10.1. The van der Waals surface area contributed by atoms with Crippen molar-refractivity contribution in [2.75, 3.05) is 12.3 Å². The Hall–Kier alpha value is -2.62. The molecular weight excluding hydrogens is 190 g/mol. The molecule has 0 amide bonds. The minimum Gasteiger partial charge on any atom is -0.398 e. The van der Waals surface area contributed by atoms with E-state index in [9.17, 15) is 0 Å². The van der Waals surface area contributed by atoms with Crippen molar-refractivity contribution in [1.82, 2.24) is 0 Å². The van der Waals surface area contributed by atoms with Crippen LogP contribution in [0.3, 0.4) is 0 Å². The van der Waals surface area contributed by atoms with Crippen molar-refractivity contribution in [3.05, 3.63) is 39.8 Å². The van der Waals surface area contributed by atoms with Gasteiger partial charge in [0, 0.05) is 16.2 Å². The molecule has 1 aromatic carbocycles. The van der Waals surface area contributed by atoms with Crippen LogP contribution < -0.4 is 5.73 Å². The maximum atomic E-state index is 8.66. The van der Waals surface area contributed by atoms with E-state index in [1.807, 2.05) is 6.07 Å². The van der Waals surface area contributed by atoms with E-state index in [1.54, 1.807) is 18.2 Å². The number of benzene rings is 1. The molecule has 0 bridgehead atoms. The number of azide groups is 1. The lowest BCUT2D eigenvalue weighted by Crippen LogP contribution is -1.90. The Morgan fingerprint density at radius 2 is 2.33 bits per heavy atom. The zero-order valence-electron chi connectivity index (χ0n) is 7.81. The standard InChI is InChI=1S/C10H7N5/c11-7-8-3-4-10(12)9(6-8)2-1-5-14-15-13/h3-4,6H,5,12H2. The molecule has 0 aliphatic rings. The van der Waals surface area contributed by atoms with Crippen molar-refractivity contribution < 1.29 is 0 Å². The largest absolute Gasteiger partial charge is 0.398 e. The molecule has 0 saturated carbocycles. The second kappa shape index (κ2) is 5.18. The molecule has 0 unspecified atom stereocenters. The Bertz CT molecular complexity index is 509. The average Bonchev–Trinajstić information content (AvgIpc) is 2.26. The summed E-state index contributed by atoms with van der Waals surface area (Å²) in [6.45, 7) is 0.0900. The third-order valence-electron chi connectivity index (χ3n) is 1.62. The fourth-order valence-corrected chi connectivity index (χ4v) is 0.936. The molecule has 0 aliphatic heterocycles. The number of anilines is 1. The number of hydrogen-bond acceptors (Lipinski definition) is 3. The van der Waals surface area contributed by atoms with E-state index < -0.39 is 0 Å². The molecule has 0 aromatic heterocycles. The molecule has 1 rings (SSSR count). The normalized spacial score (nSPS) is 7.93. The van der Waals surface area contributed by atoms with Crippen LogP contribution in [0, 0.1) is 23.2 Å². The molecule has 15 heavy (non-hydrogen) atoms. The summed E-state index contributed by atoms with van der Waals surface area (Å²) in [5.74, 6) is 5.37. The summed E-state index contributed by atoms with van der Waals surface area (Å²) in [6.07, 6.45) is 0. The van der Waals surface area contributed by atoms with Crippen LogP contribution >= 0.6 is 0 Å². The van der Waals surface area contributed by atoms with E-state index in [0.717, 1.165) is 0 Å². The first-order valence-electron chi connectivity index (χ1n) is 4.07. The van der Waals surface area contributed by atoms with Crippen LogP contribution in [0.25, 0.3) is 10.4 Å². The van der Waals surface area contributed by atoms with E-state index in [-0.39, 0.29) is 6.54 Å². The Kier molecular flexibility index (Phi) is 3.61. The van der Waals surface area contributed by atoms with Crippen molar-refractivity contribution in [2.45, 2.75) is 0 Å². The summed E-state index contributed by atoms with van der Waals surface area (Å²) < 4.78 is 0. The SMILES string of the molecule is N#Cc1ccc(N)c(C#CCN=[N+]=[N-])c1. The van der Waals surface area contributed by atoms with Gasteiger partial charge in [-0.3, -0.25) is 0 Å². The molecule has 0 fully saturated rings. The van der Waals surface area contributed by atoms with Gasteiger partial charge >= 0.3 is 0 Å². The average molecular weight is 197 g/mol. The maximum Gasteiger partial charge on any atom is 0.0992 e. The van der Waals surface area contributed by atoms with Gasteiger partial charge in [-0.15, -0.1) is 0 Å². The van der Waals surface area contributed by atoms with Gasteiger partial charge in [-0.1, -0.05) is 17.0 Å². The van der Waals surface area contributed by atoms with Gasteiger partial charge in [0.05, 0.1) is 18.2 Å². The highest BCUT2D eigenvalue weighted by molar-refractivity contribution is 5.58. The molecule has 5 nitrogen and oxygen atoms in total. The zero-order valence-corrected chi connectivity index (χ0v) is 7.81. The summed E-state index contributed by atoms with van der Waals surface area (Å²) in [4.78, 5) is 2.56. The van der Waals surface area contributed by atoms with E-state index in [1.165, 1.54) is 0 Å². The van der Waals surface area contributed by atoms with Crippen molar-refractivity contribution >= 4 is 5.69 Å². The van der Waals surface area contributed by atoms with Crippen LogP contribution in [0.5, 0.6) is 0 Å². The zero-order chi connectivity index (χ0) is 11.1. The Balaban J connectivity index is 2.97. The maximum absolute atomic E-state index is 8.66. The summed E-state index contributed by atoms with van der Waals surface area (Å²) in [5, 5.41) is 11.9. The van der Waals surface area contributed by atoms with Crippen LogP contribution in [0.4, 0.5) is 5.69 Å². The van der Waals surface area contributed by atoms with Gasteiger partial charge in [-0.05, 0) is 23.7 Å². The highest BCUT2D eigenvalue weighted by Crippen LogP contribution is 2.11. The number of rotatable bonds is 1. The number of nitriles is 1. The molecule has 72 valence electrons. The first-order valence-corrected chi connectivity index (χ1v) is 4.07. The molecule has 0 atom stereocenters. The third-order valence-corrected chi connectivity index (χ3v) is 1.62. The summed E-state index contributed by atoms with van der Waals surface area (Å²) >= 11 is 0. The fraction of sp³-hybridized carbons (Fsp3) is 0.100. The van der Waals surface area contributed by atoms with Crippen LogP contribution in [0.2, 0.25) is 0 Å². The van der Waals surface area contributed by atoms with Crippen molar-refractivity contribution in [1.29, 1.82) is 5.26 Å². The molecule has 5 heteroatoms. The third kappa shape index (κ3) is 2.96. The summed E-state index contributed by atoms with van der Waals surface area (Å²) in [6, 6.07) is 6.83. The predicted molar refractivity (Wildman–Crippen MR) is 56.5 cm³/mol. The van der Waals surface area contributed by atoms with E-state index >= 15 is 0 Å². The van der Waals surface area contributed by atoms with Gasteiger partial charge in [-0.25, -0.2) is 0 Å². The molecule has 2 N–H and O–H groups in total. The van der Waals surface area contributed by atoms with Crippen LogP contribution in [-0.2, 0) is 0 Å². The minimum absolute atomic E-state index is 0.0900. The van der Waals surface area contributed by atoms with Gasteiger partial charge in [-0.2, -0.15) is 5.26 Å². The second-order valence-corrected chi connectivity index (χ2v) is 2.60. The first-order chi connectivity index (χ1) is 7.27. The molecule has 0 radical (unpaired) electrons. The molecule has 1 aromatic rings. The highest BCUT2D eigenvalue weighted by atomic mass is 15.1. The molecule has 0 spiro atoms. The quantitative estimate of drug-likeness (QED) is 0.244. The van der Waals surface area contributed by atoms with Gasteiger partial charge in [0.15, 0.2) is 0 Å².